The van der Waals surface area contributed by atoms with E-state index in [4.69, 9.17) is 9.84 Å². The summed E-state index contributed by atoms with van der Waals surface area (Å²) < 4.78 is 5.71. The lowest BCUT2D eigenvalue weighted by Gasteiger charge is -2.40. The molecule has 0 heterocycles. The number of hydrogen-bond acceptors (Lipinski definition) is 5. The van der Waals surface area contributed by atoms with Crippen molar-refractivity contribution in [3.8, 4) is 0 Å². The minimum atomic E-state index is -1.43. The topological polar surface area (TPSA) is 101 Å². The second kappa shape index (κ2) is 5.78. The zero-order valence-electron chi connectivity index (χ0n) is 15.7. The average molecular weight is 362 g/mol. The summed E-state index contributed by atoms with van der Waals surface area (Å²) in [7, 11) is 0. The van der Waals surface area contributed by atoms with Gasteiger partial charge in [0.25, 0.3) is 0 Å². The van der Waals surface area contributed by atoms with Crippen LogP contribution < -0.4 is 0 Å². The van der Waals surface area contributed by atoms with Gasteiger partial charge in [-0.1, -0.05) is 25.5 Å². The van der Waals surface area contributed by atoms with Gasteiger partial charge in [-0.25, -0.2) is 0 Å². The Hall–Kier alpha value is -1.95. The molecule has 0 aromatic heterocycles. The Balaban J connectivity index is 1.90. The van der Waals surface area contributed by atoms with Crippen LogP contribution in [0.1, 0.15) is 59.8 Å². The second-order valence-electron chi connectivity index (χ2n) is 8.52. The molecule has 6 heteroatoms. The average Bonchev–Trinajstić information content (AvgIpc) is 3.28. The molecule has 2 N–H and O–H groups in total. The molecule has 2 atom stereocenters. The van der Waals surface area contributed by atoms with Crippen LogP contribution in [0.3, 0.4) is 0 Å². The van der Waals surface area contributed by atoms with Crippen LogP contribution in [0.5, 0.6) is 0 Å². The van der Waals surface area contributed by atoms with Crippen molar-refractivity contribution in [1.29, 1.82) is 0 Å². The molecule has 0 aromatic carbocycles. The van der Waals surface area contributed by atoms with Crippen LogP contribution >= 0.6 is 0 Å². The number of aliphatic carboxylic acids is 1. The van der Waals surface area contributed by atoms with Crippen LogP contribution in [-0.2, 0) is 19.1 Å². The first-order valence-electron chi connectivity index (χ1n) is 9.07. The fourth-order valence-corrected chi connectivity index (χ4v) is 4.50. The molecule has 142 valence electrons. The number of carboxylic acids is 1. The summed E-state index contributed by atoms with van der Waals surface area (Å²) in [6.45, 7) is 7.30. The maximum Gasteiger partial charge on any atom is 0.306 e. The van der Waals surface area contributed by atoms with Gasteiger partial charge >= 0.3 is 11.9 Å². The van der Waals surface area contributed by atoms with E-state index >= 15 is 0 Å². The Bertz CT molecular complexity index is 748. The number of carbonyl (C=O) groups is 3. The molecule has 1 spiro atoms. The largest absolute Gasteiger partial charge is 0.481 e. The Morgan fingerprint density at radius 3 is 2.38 bits per heavy atom. The van der Waals surface area contributed by atoms with Gasteiger partial charge in [0, 0.05) is 34.8 Å². The third-order valence-electron chi connectivity index (χ3n) is 6.26. The molecule has 0 aliphatic heterocycles. The number of aliphatic hydroxyl groups is 1. The van der Waals surface area contributed by atoms with E-state index in [0.29, 0.717) is 5.57 Å². The SMILES string of the molecule is CC1=C2C(=CC(C)(C)[C@@H]2OC(=O)CCCC(=O)O)C(=O)C(C)(O)C12CC2. The Morgan fingerprint density at radius 2 is 1.85 bits per heavy atom. The van der Waals surface area contributed by atoms with Crippen molar-refractivity contribution >= 4 is 17.7 Å². The van der Waals surface area contributed by atoms with E-state index in [9.17, 15) is 19.5 Å². The number of hydrogen-bond donors (Lipinski definition) is 2. The Morgan fingerprint density at radius 1 is 1.23 bits per heavy atom. The van der Waals surface area contributed by atoms with Crippen molar-refractivity contribution in [1.82, 2.24) is 0 Å². The first-order valence-corrected chi connectivity index (χ1v) is 9.07. The Kier molecular flexibility index (Phi) is 4.18. The van der Waals surface area contributed by atoms with E-state index < -0.39 is 34.5 Å². The number of fused-ring (bicyclic) bond motifs is 1. The van der Waals surface area contributed by atoms with Crippen molar-refractivity contribution in [3.05, 3.63) is 22.8 Å². The molecule has 0 aromatic rings. The van der Waals surface area contributed by atoms with Gasteiger partial charge in [-0.2, -0.15) is 0 Å². The molecular weight excluding hydrogens is 336 g/mol. The number of carbonyl (C=O) groups excluding carboxylic acids is 2. The summed E-state index contributed by atoms with van der Waals surface area (Å²) in [5.41, 5.74) is -0.426. The summed E-state index contributed by atoms with van der Waals surface area (Å²) >= 11 is 0. The first-order chi connectivity index (χ1) is 11.9. The smallest absolute Gasteiger partial charge is 0.306 e. The molecule has 3 aliphatic carbocycles. The van der Waals surface area contributed by atoms with Crippen molar-refractivity contribution in [3.63, 3.8) is 0 Å². The quantitative estimate of drug-likeness (QED) is 0.729. The van der Waals surface area contributed by atoms with Crippen molar-refractivity contribution < 1.29 is 29.3 Å². The van der Waals surface area contributed by atoms with Crippen LogP contribution in [0.25, 0.3) is 0 Å². The monoisotopic (exact) mass is 362 g/mol. The molecule has 1 saturated carbocycles. The zero-order chi connectivity index (χ0) is 19.5. The van der Waals surface area contributed by atoms with Crippen molar-refractivity contribution in [2.75, 3.05) is 0 Å². The number of carboxylic acid groups (broad SMARTS) is 1. The van der Waals surface area contributed by atoms with Crippen molar-refractivity contribution in [2.24, 2.45) is 10.8 Å². The summed E-state index contributed by atoms with van der Waals surface area (Å²) in [5, 5.41) is 19.6. The lowest BCUT2D eigenvalue weighted by atomic mass is 9.67. The molecule has 1 fully saturated rings. The molecule has 0 saturated heterocycles. The van der Waals surface area contributed by atoms with Crippen LogP contribution in [0.15, 0.2) is 22.8 Å². The van der Waals surface area contributed by atoms with Gasteiger partial charge in [-0.3, -0.25) is 14.4 Å². The summed E-state index contributed by atoms with van der Waals surface area (Å²) in [6.07, 6.45) is 2.86. The predicted octanol–water partition coefficient (Wildman–Crippen LogP) is 2.55. The number of Topliss-reactive ketones (excluding diaryl/α,β-unsaturated/α-hetero) is 1. The molecule has 3 rings (SSSR count). The normalized spacial score (nSPS) is 30.9. The fourth-order valence-electron chi connectivity index (χ4n) is 4.50. The number of esters is 1. The Labute approximate surface area is 152 Å². The second-order valence-corrected chi connectivity index (χ2v) is 8.52. The van der Waals surface area contributed by atoms with Crippen LogP contribution in [0.4, 0.5) is 0 Å². The van der Waals surface area contributed by atoms with Gasteiger partial charge in [-0.15, -0.1) is 0 Å². The first kappa shape index (κ1) is 18.8. The van der Waals surface area contributed by atoms with Gasteiger partial charge in [0.1, 0.15) is 11.7 Å². The molecule has 3 aliphatic rings. The fraction of sp³-hybridized carbons (Fsp3) is 0.650. The molecule has 6 nitrogen and oxygen atoms in total. The maximum atomic E-state index is 12.9. The molecule has 0 bridgehead atoms. The van der Waals surface area contributed by atoms with Crippen LogP contribution in [-0.4, -0.2) is 39.6 Å². The standard InChI is InChI=1S/C20H26O6/c1-11-15-12(16(24)19(4,25)20(11)8-9-20)10-18(2,3)17(15)26-14(23)7-5-6-13(21)22/h10,17,25H,5-9H2,1-4H3,(H,21,22)/t17-,19?/m1/s1. The summed E-state index contributed by atoms with van der Waals surface area (Å²) in [5.74, 6) is -1.71. The van der Waals surface area contributed by atoms with Gasteiger partial charge in [0.05, 0.1) is 0 Å². The van der Waals surface area contributed by atoms with E-state index in [2.05, 4.69) is 0 Å². The van der Waals surface area contributed by atoms with Gasteiger partial charge in [-0.05, 0) is 33.1 Å². The van der Waals surface area contributed by atoms with Gasteiger partial charge in [0.2, 0.25) is 0 Å². The molecule has 26 heavy (non-hydrogen) atoms. The van der Waals surface area contributed by atoms with Gasteiger partial charge in [0.15, 0.2) is 5.78 Å². The zero-order valence-corrected chi connectivity index (χ0v) is 15.7. The number of ether oxygens (including phenoxy) is 1. The molecule has 0 amide bonds. The lowest BCUT2D eigenvalue weighted by molar-refractivity contribution is -0.151. The van der Waals surface area contributed by atoms with E-state index in [1.54, 1.807) is 13.0 Å². The third kappa shape index (κ3) is 2.62. The highest BCUT2D eigenvalue weighted by Crippen LogP contribution is 2.65. The minimum absolute atomic E-state index is 0.0251. The van der Waals surface area contributed by atoms with Crippen LogP contribution in [0.2, 0.25) is 0 Å². The van der Waals surface area contributed by atoms with E-state index in [0.717, 1.165) is 24.0 Å². The van der Waals surface area contributed by atoms with Gasteiger partial charge < -0.3 is 14.9 Å². The third-order valence-corrected chi connectivity index (χ3v) is 6.26. The highest BCUT2D eigenvalue weighted by Gasteiger charge is 2.66. The lowest BCUT2D eigenvalue weighted by Crippen LogP contribution is -2.50. The number of ketones is 1. The molecule has 1 unspecified atom stereocenters. The van der Waals surface area contributed by atoms with E-state index in [1.165, 1.54) is 0 Å². The predicted molar refractivity (Wildman–Crippen MR) is 93.2 cm³/mol. The summed E-state index contributed by atoms with van der Waals surface area (Å²) in [6, 6.07) is 0. The van der Waals surface area contributed by atoms with E-state index in [-0.39, 0.29) is 25.0 Å². The minimum Gasteiger partial charge on any atom is -0.481 e. The number of rotatable bonds is 5. The van der Waals surface area contributed by atoms with Crippen molar-refractivity contribution in [2.45, 2.75) is 71.5 Å². The van der Waals surface area contributed by atoms with Crippen LogP contribution in [0, 0.1) is 10.8 Å². The summed E-state index contributed by atoms with van der Waals surface area (Å²) in [4.78, 5) is 35.8. The molecular formula is C20H26O6. The highest BCUT2D eigenvalue weighted by atomic mass is 16.5. The van der Waals surface area contributed by atoms with E-state index in [1.807, 2.05) is 20.8 Å². The molecule has 0 radical (unpaired) electrons. The highest BCUT2D eigenvalue weighted by molar-refractivity contribution is 6.09. The maximum absolute atomic E-state index is 12.9.